The summed E-state index contributed by atoms with van der Waals surface area (Å²) in [5.74, 6) is -0.407. The number of hydrogen-bond donors (Lipinski definition) is 0. The summed E-state index contributed by atoms with van der Waals surface area (Å²) in [7, 11) is 0. The molecule has 0 amide bonds. The topological polar surface area (TPSA) is 90.2 Å². The van der Waals surface area contributed by atoms with Crippen molar-refractivity contribution in [2.45, 2.75) is 0 Å². The van der Waals surface area contributed by atoms with Crippen molar-refractivity contribution in [1.29, 1.82) is 0 Å². The number of benzene rings is 1. The maximum atomic E-state index is 12.5. The maximum Gasteiger partial charge on any atom is 0.270 e. The Morgan fingerprint density at radius 2 is 2.04 bits per heavy atom. The van der Waals surface area contributed by atoms with Crippen molar-refractivity contribution < 1.29 is 9.72 Å². The predicted molar refractivity (Wildman–Crippen MR) is 87.4 cm³/mol. The molecule has 2 heterocycles. The summed E-state index contributed by atoms with van der Waals surface area (Å²) in [4.78, 5) is 38.9. The lowest BCUT2D eigenvalue weighted by Crippen LogP contribution is -2.00. The standard InChI is InChI=1S/C15H7ClN2O4S/c16-10-6-8(18(21)22)3-4-9(10)14(20)13-7-11-15(23-13)12(19)2-1-5-17-11/h1-7H. The zero-order valence-electron chi connectivity index (χ0n) is 11.4. The van der Waals surface area contributed by atoms with Crippen LogP contribution in [0.15, 0.2) is 47.4 Å². The van der Waals surface area contributed by atoms with Crippen LogP contribution in [0.1, 0.15) is 15.2 Å². The van der Waals surface area contributed by atoms with Crippen LogP contribution in [0.3, 0.4) is 0 Å². The van der Waals surface area contributed by atoms with E-state index >= 15 is 0 Å². The van der Waals surface area contributed by atoms with Crippen LogP contribution in [-0.4, -0.2) is 15.7 Å². The largest absolute Gasteiger partial charge is 0.288 e. The first-order valence-electron chi connectivity index (χ1n) is 6.35. The van der Waals surface area contributed by atoms with E-state index in [1.54, 1.807) is 0 Å². The molecule has 3 aromatic rings. The molecule has 0 saturated carbocycles. The molecule has 0 unspecified atom stereocenters. The van der Waals surface area contributed by atoms with E-state index in [-0.39, 0.29) is 21.7 Å². The quantitative estimate of drug-likeness (QED) is 0.411. The van der Waals surface area contributed by atoms with E-state index in [0.29, 0.717) is 15.1 Å². The number of non-ortho nitro benzene ring substituents is 1. The molecule has 114 valence electrons. The number of thiophene rings is 1. The Labute approximate surface area is 138 Å². The number of nitro groups is 1. The zero-order chi connectivity index (χ0) is 16.6. The van der Waals surface area contributed by atoms with Crippen molar-refractivity contribution in [2.75, 3.05) is 0 Å². The highest BCUT2D eigenvalue weighted by Crippen LogP contribution is 2.28. The van der Waals surface area contributed by atoms with Crippen molar-refractivity contribution in [3.05, 3.63) is 78.4 Å². The van der Waals surface area contributed by atoms with Crippen LogP contribution in [0, 0.1) is 10.1 Å². The minimum Gasteiger partial charge on any atom is -0.288 e. The Bertz CT molecular complexity index is 1020. The Morgan fingerprint density at radius 1 is 1.26 bits per heavy atom. The van der Waals surface area contributed by atoms with E-state index in [4.69, 9.17) is 11.6 Å². The highest BCUT2D eigenvalue weighted by Gasteiger charge is 2.19. The Morgan fingerprint density at radius 3 is 2.74 bits per heavy atom. The first-order chi connectivity index (χ1) is 11.0. The normalized spacial score (nSPS) is 10.7. The fourth-order valence-corrected chi connectivity index (χ4v) is 3.27. The van der Waals surface area contributed by atoms with Crippen LogP contribution < -0.4 is 5.43 Å². The fraction of sp³-hybridized carbons (Fsp3) is 0. The molecular weight excluding hydrogens is 340 g/mol. The van der Waals surface area contributed by atoms with Crippen molar-refractivity contribution in [2.24, 2.45) is 0 Å². The summed E-state index contributed by atoms with van der Waals surface area (Å²) in [6, 6.07) is 8.06. The molecule has 0 fully saturated rings. The monoisotopic (exact) mass is 346 g/mol. The summed E-state index contributed by atoms with van der Waals surface area (Å²) in [5.41, 5.74) is 0.141. The van der Waals surface area contributed by atoms with Crippen LogP contribution in [-0.2, 0) is 0 Å². The van der Waals surface area contributed by atoms with Gasteiger partial charge in [-0.25, -0.2) is 0 Å². The summed E-state index contributed by atoms with van der Waals surface area (Å²) >= 11 is 6.99. The molecular formula is C15H7ClN2O4S. The van der Waals surface area contributed by atoms with Gasteiger partial charge in [0.2, 0.25) is 5.78 Å². The number of nitro benzene ring substituents is 1. The number of ketones is 1. The third-order valence-corrected chi connectivity index (χ3v) is 4.57. The summed E-state index contributed by atoms with van der Waals surface area (Å²) < 4.78 is 0.372. The van der Waals surface area contributed by atoms with Gasteiger partial charge in [-0.05, 0) is 24.3 Å². The van der Waals surface area contributed by atoms with E-state index in [0.717, 1.165) is 17.4 Å². The number of rotatable bonds is 3. The molecule has 1 aromatic carbocycles. The second-order valence-electron chi connectivity index (χ2n) is 4.58. The van der Waals surface area contributed by atoms with Gasteiger partial charge in [0.05, 0.1) is 20.3 Å². The smallest absolute Gasteiger partial charge is 0.270 e. The molecule has 0 atom stereocenters. The number of fused-ring (bicyclic) bond motifs is 1. The molecule has 0 spiro atoms. The highest BCUT2D eigenvalue weighted by atomic mass is 35.5. The number of hydrogen-bond acceptors (Lipinski definition) is 6. The third kappa shape index (κ3) is 2.84. The molecule has 0 radical (unpaired) electrons. The van der Waals surface area contributed by atoms with Gasteiger partial charge in [-0.3, -0.25) is 24.7 Å². The van der Waals surface area contributed by atoms with Crippen LogP contribution in [0.5, 0.6) is 0 Å². The van der Waals surface area contributed by atoms with E-state index in [1.165, 1.54) is 36.5 Å². The first kappa shape index (κ1) is 15.3. The number of nitrogens with zero attached hydrogens (tertiary/aromatic N) is 2. The Balaban J connectivity index is 2.09. The number of halogens is 1. The summed E-state index contributed by atoms with van der Waals surface area (Å²) in [5, 5.41) is 10.7. The number of carbonyl (C=O) groups is 1. The molecule has 0 aliphatic rings. The highest BCUT2D eigenvalue weighted by molar-refractivity contribution is 7.20. The SMILES string of the molecule is O=C(c1cc2ncccc(=O)c2s1)c1ccc([N+](=O)[O-])cc1Cl. The lowest BCUT2D eigenvalue weighted by Gasteiger charge is -2.01. The Hall–Kier alpha value is -2.64. The lowest BCUT2D eigenvalue weighted by molar-refractivity contribution is -0.384. The molecule has 6 nitrogen and oxygen atoms in total. The van der Waals surface area contributed by atoms with E-state index in [1.807, 2.05) is 0 Å². The van der Waals surface area contributed by atoms with E-state index in [9.17, 15) is 19.7 Å². The van der Waals surface area contributed by atoms with Gasteiger partial charge in [0.1, 0.15) is 4.70 Å². The van der Waals surface area contributed by atoms with Gasteiger partial charge in [-0.15, -0.1) is 11.3 Å². The van der Waals surface area contributed by atoms with Gasteiger partial charge in [-0.2, -0.15) is 0 Å². The second kappa shape index (κ2) is 5.86. The first-order valence-corrected chi connectivity index (χ1v) is 7.54. The predicted octanol–water partition coefficient (Wildman–Crippen LogP) is 3.45. The van der Waals surface area contributed by atoms with Crippen molar-refractivity contribution in [3.63, 3.8) is 0 Å². The molecule has 2 aromatic heterocycles. The van der Waals surface area contributed by atoms with Gasteiger partial charge >= 0.3 is 0 Å². The zero-order valence-corrected chi connectivity index (χ0v) is 12.9. The number of aromatic nitrogens is 1. The Kier molecular flexibility index (Phi) is 3.89. The van der Waals surface area contributed by atoms with E-state index < -0.39 is 10.7 Å². The molecule has 0 N–H and O–H groups in total. The molecule has 23 heavy (non-hydrogen) atoms. The van der Waals surface area contributed by atoms with Gasteiger partial charge < -0.3 is 0 Å². The van der Waals surface area contributed by atoms with Crippen molar-refractivity contribution >= 4 is 44.6 Å². The van der Waals surface area contributed by atoms with Gasteiger partial charge in [0, 0.05) is 23.9 Å². The summed E-state index contributed by atoms with van der Waals surface area (Å²) in [6.45, 7) is 0. The molecule has 0 saturated heterocycles. The van der Waals surface area contributed by atoms with Gasteiger partial charge in [-0.1, -0.05) is 11.6 Å². The average Bonchev–Trinajstić information content (AvgIpc) is 2.87. The molecule has 8 heteroatoms. The van der Waals surface area contributed by atoms with Crippen LogP contribution in [0.4, 0.5) is 5.69 Å². The minimum absolute atomic E-state index is 0.0116. The molecule has 0 aliphatic heterocycles. The van der Waals surface area contributed by atoms with Gasteiger partial charge in [0.15, 0.2) is 5.43 Å². The fourth-order valence-electron chi connectivity index (χ4n) is 2.03. The molecule has 0 aliphatic carbocycles. The minimum atomic E-state index is -0.590. The van der Waals surface area contributed by atoms with E-state index in [2.05, 4.69) is 4.98 Å². The second-order valence-corrected chi connectivity index (χ2v) is 6.04. The average molecular weight is 347 g/mol. The summed E-state index contributed by atoms with van der Waals surface area (Å²) in [6.07, 6.45) is 1.48. The molecule has 0 bridgehead atoms. The molecule has 3 rings (SSSR count). The number of carbonyl (C=O) groups excluding carboxylic acids is 1. The van der Waals surface area contributed by atoms with Crippen molar-refractivity contribution in [3.8, 4) is 0 Å². The third-order valence-electron chi connectivity index (χ3n) is 3.12. The maximum absolute atomic E-state index is 12.5. The lowest BCUT2D eigenvalue weighted by atomic mass is 10.1. The van der Waals surface area contributed by atoms with Crippen LogP contribution in [0.25, 0.3) is 10.2 Å². The van der Waals surface area contributed by atoms with Gasteiger partial charge in [0.25, 0.3) is 5.69 Å². The van der Waals surface area contributed by atoms with Crippen LogP contribution in [0.2, 0.25) is 5.02 Å². The van der Waals surface area contributed by atoms with Crippen molar-refractivity contribution in [1.82, 2.24) is 4.98 Å². The van der Waals surface area contributed by atoms with Crippen LogP contribution >= 0.6 is 22.9 Å².